The van der Waals surface area contributed by atoms with Crippen molar-refractivity contribution in [2.75, 3.05) is 55.6 Å². The number of piperazine rings is 1. The molecule has 12 nitrogen and oxygen atoms in total. The smallest absolute Gasteiger partial charge is 0.298 e. The Balaban J connectivity index is 1.25. The third kappa shape index (κ3) is 7.14. The predicted molar refractivity (Wildman–Crippen MR) is 168 cm³/mol. The van der Waals surface area contributed by atoms with Crippen molar-refractivity contribution in [2.45, 2.75) is 29.4 Å². The third-order valence-corrected chi connectivity index (χ3v) is 10.0. The Bertz CT molecular complexity index is 1690. The van der Waals surface area contributed by atoms with Crippen molar-refractivity contribution in [2.24, 2.45) is 11.5 Å². The number of carbonyl (C=O) groups is 2. The lowest BCUT2D eigenvalue weighted by atomic mass is 9.99. The van der Waals surface area contributed by atoms with Crippen molar-refractivity contribution in [1.29, 1.82) is 0 Å². The van der Waals surface area contributed by atoms with Crippen LogP contribution < -0.4 is 26.6 Å². The first-order valence-corrected chi connectivity index (χ1v) is 16.3. The summed E-state index contributed by atoms with van der Waals surface area (Å²) in [4.78, 5) is 31.9. The summed E-state index contributed by atoms with van der Waals surface area (Å²) in [5, 5.41) is 11.8. The maximum Gasteiger partial charge on any atom is 0.298 e. The third-order valence-electron chi connectivity index (χ3n) is 7.93. The van der Waals surface area contributed by atoms with Crippen LogP contribution in [-0.4, -0.2) is 92.6 Å². The van der Waals surface area contributed by atoms with E-state index < -0.39 is 33.5 Å². The van der Waals surface area contributed by atoms with Gasteiger partial charge in [0.1, 0.15) is 11.0 Å². The number of nitrogens with one attached hydrogen (secondary N) is 1. The highest BCUT2D eigenvalue weighted by Gasteiger charge is 2.36. The molecule has 46 heavy (non-hydrogen) atoms. The highest BCUT2D eigenvalue weighted by Crippen LogP contribution is 2.38. The maximum absolute atomic E-state index is 15.7. The monoisotopic (exact) mass is 677 g/mol. The lowest BCUT2D eigenvalue weighted by Crippen LogP contribution is -2.49. The Morgan fingerprint density at radius 3 is 2.30 bits per heavy atom. The molecule has 2 aromatic carbocycles. The number of aliphatic hydroxyl groups excluding tert-OH is 1. The summed E-state index contributed by atoms with van der Waals surface area (Å²) in [5.41, 5.74) is 11.1. The molecule has 0 saturated carbocycles. The van der Waals surface area contributed by atoms with E-state index in [2.05, 4.69) is 10.3 Å². The van der Waals surface area contributed by atoms with E-state index in [-0.39, 0.29) is 84.6 Å². The predicted octanol–water partition coefficient (Wildman–Crippen LogP) is 1.50. The molecule has 1 unspecified atom stereocenters. The fraction of sp³-hybridized carbons (Fsp3) is 0.367. The second-order valence-corrected chi connectivity index (χ2v) is 13.5. The van der Waals surface area contributed by atoms with Crippen LogP contribution in [0.1, 0.15) is 27.9 Å². The second-order valence-electron chi connectivity index (χ2n) is 11.1. The van der Waals surface area contributed by atoms with Crippen LogP contribution in [0.5, 0.6) is 0 Å². The molecule has 0 aliphatic carbocycles. The van der Waals surface area contributed by atoms with Crippen molar-refractivity contribution < 1.29 is 31.9 Å². The lowest BCUT2D eigenvalue weighted by molar-refractivity contribution is -0.117. The average Bonchev–Trinajstić information content (AvgIpc) is 3.40. The van der Waals surface area contributed by atoms with E-state index in [1.54, 1.807) is 17.0 Å². The molecule has 1 aromatic heterocycles. The van der Waals surface area contributed by atoms with Crippen LogP contribution >= 0.6 is 11.6 Å². The molecule has 3 heterocycles. The number of nitrogens with zero attached hydrogens (tertiary/aromatic N) is 4. The number of pyridine rings is 1. The van der Waals surface area contributed by atoms with Gasteiger partial charge in [0.2, 0.25) is 15.9 Å². The topological polar surface area (TPSA) is 175 Å². The normalized spacial score (nSPS) is 18.6. The van der Waals surface area contributed by atoms with Crippen LogP contribution in [0.2, 0.25) is 5.15 Å². The number of anilines is 2. The Hall–Kier alpha value is -3.73. The molecule has 2 aliphatic heterocycles. The zero-order valence-corrected chi connectivity index (χ0v) is 26.2. The first kappa shape index (κ1) is 33.6. The number of carbonyl (C=O) groups excluding carboxylic acids is 2. The summed E-state index contributed by atoms with van der Waals surface area (Å²) in [6, 6.07) is 12.9. The molecule has 2 aliphatic rings. The number of alkyl halides is 2. The summed E-state index contributed by atoms with van der Waals surface area (Å²) in [7, 11) is -3.86. The van der Waals surface area contributed by atoms with Gasteiger partial charge in [0.05, 0.1) is 11.0 Å². The van der Waals surface area contributed by atoms with Crippen LogP contribution in [0.25, 0.3) is 0 Å². The average molecular weight is 678 g/mol. The number of hydrogen-bond acceptors (Lipinski definition) is 9. The van der Waals surface area contributed by atoms with E-state index in [0.717, 1.165) is 18.2 Å². The minimum Gasteiger partial charge on any atom is -0.390 e. The molecule has 0 radical (unpaired) electrons. The molecule has 2 amide bonds. The van der Waals surface area contributed by atoms with E-state index in [1.807, 2.05) is 0 Å². The second kappa shape index (κ2) is 13.6. The zero-order valence-electron chi connectivity index (χ0n) is 24.7. The molecule has 2 atom stereocenters. The summed E-state index contributed by atoms with van der Waals surface area (Å²) in [6.45, 7) is 0.773. The standard InChI is InChI=1S/C30H34ClF2N7O5S/c31-26-13-21(30(32,33)20-3-1-19(2-4-20)29(43)36-17-24(41)16-34)14-27(37-26)38-9-11-39(12-10-38)46(44,45)25-7-5-23(6-8-25)40-18-22(35)15-28(40)42/h1-8,13-14,22,24,41H,9-12,15-18,34-35H2,(H,36,43)/t22-,24?/m1/s1. The van der Waals surface area contributed by atoms with Gasteiger partial charge < -0.3 is 31.7 Å². The van der Waals surface area contributed by atoms with Gasteiger partial charge in [-0.1, -0.05) is 23.7 Å². The van der Waals surface area contributed by atoms with Crippen molar-refractivity contribution in [1.82, 2.24) is 14.6 Å². The highest BCUT2D eigenvalue weighted by molar-refractivity contribution is 7.89. The Kier molecular flexibility index (Phi) is 9.91. The van der Waals surface area contributed by atoms with Gasteiger partial charge in [0.15, 0.2) is 0 Å². The number of benzene rings is 2. The molecule has 2 fully saturated rings. The first-order chi connectivity index (χ1) is 21.8. The van der Waals surface area contributed by atoms with Crippen LogP contribution in [0.15, 0.2) is 65.6 Å². The zero-order chi connectivity index (χ0) is 33.2. The summed E-state index contributed by atoms with van der Waals surface area (Å²) in [6.07, 6.45) is -0.682. The summed E-state index contributed by atoms with van der Waals surface area (Å²) in [5.74, 6) is -3.98. The van der Waals surface area contributed by atoms with Gasteiger partial charge >= 0.3 is 0 Å². The summed E-state index contributed by atoms with van der Waals surface area (Å²) < 4.78 is 59.3. The van der Waals surface area contributed by atoms with Crippen LogP contribution in [0.4, 0.5) is 20.3 Å². The van der Waals surface area contributed by atoms with Gasteiger partial charge in [-0.05, 0) is 48.5 Å². The van der Waals surface area contributed by atoms with Crippen molar-refractivity contribution in [3.63, 3.8) is 0 Å². The Labute approximate surface area is 270 Å². The minimum atomic E-state index is -3.86. The van der Waals surface area contributed by atoms with Gasteiger partial charge in [-0.3, -0.25) is 9.59 Å². The molecule has 0 spiro atoms. The number of sulfonamides is 1. The van der Waals surface area contributed by atoms with E-state index in [1.165, 1.54) is 39.5 Å². The molecule has 2 saturated heterocycles. The molecule has 246 valence electrons. The fourth-order valence-electron chi connectivity index (χ4n) is 5.31. The molecule has 5 rings (SSSR count). The van der Waals surface area contributed by atoms with Crippen molar-refractivity contribution >= 4 is 44.9 Å². The summed E-state index contributed by atoms with van der Waals surface area (Å²) >= 11 is 6.17. The Morgan fingerprint density at radius 2 is 1.72 bits per heavy atom. The van der Waals surface area contributed by atoms with Crippen LogP contribution in [-0.2, 0) is 20.7 Å². The van der Waals surface area contributed by atoms with Gasteiger partial charge in [0, 0.05) is 80.7 Å². The van der Waals surface area contributed by atoms with E-state index in [0.29, 0.717) is 12.2 Å². The van der Waals surface area contributed by atoms with Crippen molar-refractivity contribution in [3.8, 4) is 0 Å². The number of nitrogens with two attached hydrogens (primary N) is 2. The first-order valence-electron chi connectivity index (χ1n) is 14.5. The fourth-order valence-corrected chi connectivity index (χ4v) is 6.94. The molecule has 6 N–H and O–H groups in total. The number of amides is 2. The van der Waals surface area contributed by atoms with Crippen molar-refractivity contribution in [3.05, 3.63) is 82.5 Å². The molecular formula is C30H34ClF2N7O5S. The Morgan fingerprint density at radius 1 is 1.07 bits per heavy atom. The number of hydrogen-bond donors (Lipinski definition) is 4. The van der Waals surface area contributed by atoms with Gasteiger partial charge in [-0.15, -0.1) is 0 Å². The van der Waals surface area contributed by atoms with Gasteiger partial charge in [0.25, 0.3) is 11.8 Å². The maximum atomic E-state index is 15.7. The number of aromatic nitrogens is 1. The van der Waals surface area contributed by atoms with Gasteiger partial charge in [-0.2, -0.15) is 13.1 Å². The number of rotatable bonds is 10. The largest absolute Gasteiger partial charge is 0.390 e. The van der Waals surface area contributed by atoms with Crippen LogP contribution in [0.3, 0.4) is 0 Å². The molecule has 16 heteroatoms. The lowest BCUT2D eigenvalue weighted by Gasteiger charge is -2.35. The molecule has 3 aromatic rings. The number of aliphatic hydroxyl groups is 1. The van der Waals surface area contributed by atoms with Crippen LogP contribution in [0, 0.1) is 0 Å². The number of halogens is 3. The SMILES string of the molecule is NCC(O)CNC(=O)c1ccc(C(F)(F)c2cc(Cl)nc(N3CCN(S(=O)(=O)c4ccc(N5C[C@H](N)CC5=O)cc4)CC3)c2)cc1. The minimum absolute atomic E-state index is 0.0362. The van der Waals surface area contributed by atoms with E-state index in [4.69, 9.17) is 23.1 Å². The molecule has 0 bridgehead atoms. The van der Waals surface area contributed by atoms with E-state index >= 15 is 8.78 Å². The quantitative estimate of drug-likeness (QED) is 0.232. The molecular weight excluding hydrogens is 644 g/mol. The van der Waals surface area contributed by atoms with Gasteiger partial charge in [-0.25, -0.2) is 13.4 Å². The highest BCUT2D eigenvalue weighted by atomic mass is 35.5. The van der Waals surface area contributed by atoms with E-state index in [9.17, 15) is 23.1 Å².